The van der Waals surface area contributed by atoms with Gasteiger partial charge in [-0.05, 0) is 69.2 Å². The van der Waals surface area contributed by atoms with Crippen molar-refractivity contribution in [1.82, 2.24) is 24.7 Å². The van der Waals surface area contributed by atoms with Crippen molar-refractivity contribution in [1.29, 1.82) is 0 Å². The van der Waals surface area contributed by atoms with Gasteiger partial charge in [0.05, 0.1) is 10.6 Å². The lowest BCUT2D eigenvalue weighted by atomic mass is 10.1. The maximum atomic E-state index is 12.4. The van der Waals surface area contributed by atoms with E-state index < -0.39 is 10.0 Å². The first-order chi connectivity index (χ1) is 13.3. The van der Waals surface area contributed by atoms with Gasteiger partial charge in [-0.25, -0.2) is 17.8 Å². The molecule has 1 aromatic carbocycles. The van der Waals surface area contributed by atoms with Crippen molar-refractivity contribution in [3.05, 3.63) is 58.9 Å². The number of hydrogen-bond acceptors (Lipinski definition) is 6. The van der Waals surface area contributed by atoms with Crippen LogP contribution in [-0.2, 0) is 10.0 Å². The Bertz CT molecular complexity index is 1070. The molecule has 0 spiro atoms. The van der Waals surface area contributed by atoms with Crippen LogP contribution in [0, 0.1) is 27.7 Å². The second-order valence-corrected chi connectivity index (χ2v) is 8.45. The molecule has 2 heterocycles. The Morgan fingerprint density at radius 2 is 1.71 bits per heavy atom. The van der Waals surface area contributed by atoms with E-state index in [0.29, 0.717) is 18.2 Å². The largest absolute Gasteiger partial charge is 0.367 e. The third kappa shape index (κ3) is 4.55. The quantitative estimate of drug-likeness (QED) is 0.590. The van der Waals surface area contributed by atoms with E-state index in [9.17, 15) is 8.42 Å². The summed E-state index contributed by atoms with van der Waals surface area (Å²) >= 11 is 0. The zero-order chi connectivity index (χ0) is 20.3. The maximum Gasteiger partial charge on any atom is 0.240 e. The first kappa shape index (κ1) is 20.0. The molecular weight excluding hydrogens is 376 g/mol. The number of aryl methyl sites for hydroxylation is 4. The first-order valence-corrected chi connectivity index (χ1v) is 10.4. The van der Waals surface area contributed by atoms with Gasteiger partial charge >= 0.3 is 0 Å². The zero-order valence-electron chi connectivity index (χ0n) is 16.4. The smallest absolute Gasteiger partial charge is 0.240 e. The Balaban J connectivity index is 1.55. The van der Waals surface area contributed by atoms with E-state index >= 15 is 0 Å². The van der Waals surface area contributed by atoms with Gasteiger partial charge in [0.15, 0.2) is 5.82 Å². The number of anilines is 1. The van der Waals surface area contributed by atoms with E-state index in [1.54, 1.807) is 22.9 Å². The summed E-state index contributed by atoms with van der Waals surface area (Å²) in [6.07, 6.45) is 0. The van der Waals surface area contributed by atoms with Crippen molar-refractivity contribution >= 4 is 15.8 Å². The lowest BCUT2D eigenvalue weighted by Crippen LogP contribution is -2.29. The summed E-state index contributed by atoms with van der Waals surface area (Å²) in [7, 11) is -3.54. The highest BCUT2D eigenvalue weighted by atomic mass is 32.2. The zero-order valence-corrected chi connectivity index (χ0v) is 17.2. The predicted molar refractivity (Wildman–Crippen MR) is 108 cm³/mol. The van der Waals surface area contributed by atoms with E-state index in [0.717, 1.165) is 22.5 Å². The van der Waals surface area contributed by atoms with E-state index in [1.807, 2.05) is 45.9 Å². The van der Waals surface area contributed by atoms with Gasteiger partial charge in [-0.1, -0.05) is 6.07 Å². The third-order valence-electron chi connectivity index (χ3n) is 4.39. The fourth-order valence-electron chi connectivity index (χ4n) is 2.73. The number of hydrogen-bond donors (Lipinski definition) is 2. The van der Waals surface area contributed by atoms with Crippen LogP contribution in [0.2, 0.25) is 0 Å². The van der Waals surface area contributed by atoms with Crippen molar-refractivity contribution in [2.24, 2.45) is 0 Å². The SMILES string of the molecule is Cc1cc(C)n(-c2ccc(NCCNS(=O)(=O)c3ccc(C)c(C)c3)nn2)n1. The van der Waals surface area contributed by atoms with Crippen molar-refractivity contribution < 1.29 is 8.42 Å². The van der Waals surface area contributed by atoms with Crippen LogP contribution in [0.5, 0.6) is 0 Å². The van der Waals surface area contributed by atoms with Gasteiger partial charge in [0, 0.05) is 18.8 Å². The van der Waals surface area contributed by atoms with E-state index in [1.165, 1.54) is 0 Å². The molecule has 0 aliphatic carbocycles. The Hall–Kier alpha value is -2.78. The molecule has 3 rings (SSSR count). The van der Waals surface area contributed by atoms with Crippen LogP contribution >= 0.6 is 0 Å². The second kappa shape index (κ2) is 8.07. The molecule has 2 aromatic heterocycles. The highest BCUT2D eigenvalue weighted by molar-refractivity contribution is 7.89. The minimum Gasteiger partial charge on any atom is -0.367 e. The molecule has 0 radical (unpaired) electrons. The first-order valence-electron chi connectivity index (χ1n) is 8.94. The summed E-state index contributed by atoms with van der Waals surface area (Å²) < 4.78 is 29.0. The maximum absolute atomic E-state index is 12.4. The van der Waals surface area contributed by atoms with Gasteiger partial charge in [-0.3, -0.25) is 0 Å². The molecule has 0 unspecified atom stereocenters. The van der Waals surface area contributed by atoms with Crippen molar-refractivity contribution in [2.75, 3.05) is 18.4 Å². The van der Waals surface area contributed by atoms with Crippen LogP contribution in [0.25, 0.3) is 5.82 Å². The lowest BCUT2D eigenvalue weighted by Gasteiger charge is -2.10. The Morgan fingerprint density at radius 3 is 2.32 bits per heavy atom. The molecule has 9 heteroatoms. The Labute approximate surface area is 165 Å². The summed E-state index contributed by atoms with van der Waals surface area (Å²) in [5.74, 6) is 1.20. The summed E-state index contributed by atoms with van der Waals surface area (Å²) in [6.45, 7) is 8.34. The van der Waals surface area contributed by atoms with Crippen LogP contribution < -0.4 is 10.0 Å². The molecule has 0 amide bonds. The van der Waals surface area contributed by atoms with Gasteiger partial charge in [0.2, 0.25) is 10.0 Å². The standard InChI is InChI=1S/C19H24N6O2S/c1-13-5-6-17(11-14(13)2)28(26,27)21-10-9-20-18-7-8-19(23-22-18)25-16(4)12-15(3)24-25/h5-8,11-12,21H,9-10H2,1-4H3,(H,20,22). The lowest BCUT2D eigenvalue weighted by molar-refractivity contribution is 0.582. The highest BCUT2D eigenvalue weighted by Gasteiger charge is 2.14. The predicted octanol–water partition coefficient (Wildman–Crippen LogP) is 2.29. The molecule has 0 aliphatic rings. The number of rotatable bonds is 7. The molecule has 28 heavy (non-hydrogen) atoms. The molecular formula is C19H24N6O2S. The Morgan fingerprint density at radius 1 is 0.929 bits per heavy atom. The monoisotopic (exact) mass is 400 g/mol. The molecule has 3 aromatic rings. The molecule has 0 saturated carbocycles. The van der Waals surface area contributed by atoms with Crippen LogP contribution in [0.4, 0.5) is 5.82 Å². The van der Waals surface area contributed by atoms with Gasteiger partial charge in [0.1, 0.15) is 5.82 Å². The average Bonchev–Trinajstić information content (AvgIpc) is 2.99. The number of aromatic nitrogens is 4. The minimum atomic E-state index is -3.54. The van der Waals surface area contributed by atoms with Gasteiger partial charge in [0.25, 0.3) is 0 Å². The molecule has 148 valence electrons. The van der Waals surface area contributed by atoms with Crippen molar-refractivity contribution in [3.63, 3.8) is 0 Å². The van der Waals surface area contributed by atoms with Crippen molar-refractivity contribution in [3.8, 4) is 5.82 Å². The fraction of sp³-hybridized carbons (Fsp3) is 0.316. The molecule has 2 N–H and O–H groups in total. The van der Waals surface area contributed by atoms with Crippen LogP contribution in [0.15, 0.2) is 41.3 Å². The van der Waals surface area contributed by atoms with Crippen molar-refractivity contribution in [2.45, 2.75) is 32.6 Å². The van der Waals surface area contributed by atoms with Crippen LogP contribution in [0.1, 0.15) is 22.5 Å². The van der Waals surface area contributed by atoms with E-state index in [-0.39, 0.29) is 11.4 Å². The molecule has 0 atom stereocenters. The van der Waals surface area contributed by atoms with Gasteiger partial charge in [-0.2, -0.15) is 5.10 Å². The molecule has 0 fully saturated rings. The number of benzene rings is 1. The second-order valence-electron chi connectivity index (χ2n) is 6.69. The fourth-order valence-corrected chi connectivity index (χ4v) is 3.85. The van der Waals surface area contributed by atoms with Crippen LogP contribution in [0.3, 0.4) is 0 Å². The molecule has 8 nitrogen and oxygen atoms in total. The minimum absolute atomic E-state index is 0.232. The topological polar surface area (TPSA) is 102 Å². The van der Waals surface area contributed by atoms with E-state index in [2.05, 4.69) is 25.3 Å². The summed E-state index contributed by atoms with van der Waals surface area (Å²) in [6, 6.07) is 10.7. The third-order valence-corrected chi connectivity index (χ3v) is 5.85. The van der Waals surface area contributed by atoms with Gasteiger partial charge < -0.3 is 5.32 Å². The number of sulfonamides is 1. The summed E-state index contributed by atoms with van der Waals surface area (Å²) in [4.78, 5) is 0.268. The average molecular weight is 401 g/mol. The van der Waals surface area contributed by atoms with Crippen LogP contribution in [-0.4, -0.2) is 41.5 Å². The number of nitrogens with one attached hydrogen (secondary N) is 2. The van der Waals surface area contributed by atoms with Gasteiger partial charge in [-0.15, -0.1) is 10.2 Å². The Kier molecular flexibility index (Phi) is 5.76. The highest BCUT2D eigenvalue weighted by Crippen LogP contribution is 2.14. The summed E-state index contributed by atoms with van der Waals surface area (Å²) in [5, 5.41) is 15.7. The normalized spacial score (nSPS) is 11.6. The molecule has 0 saturated heterocycles. The summed E-state index contributed by atoms with van der Waals surface area (Å²) in [5.41, 5.74) is 3.90. The number of nitrogens with zero attached hydrogens (tertiary/aromatic N) is 4. The molecule has 0 bridgehead atoms. The van der Waals surface area contributed by atoms with E-state index in [4.69, 9.17) is 0 Å². The molecule has 0 aliphatic heterocycles.